The third-order valence-electron chi connectivity index (χ3n) is 8.43. The average Bonchev–Trinajstić information content (AvgIpc) is 3.37. The van der Waals surface area contributed by atoms with Crippen molar-refractivity contribution >= 4 is 17.7 Å². The van der Waals surface area contributed by atoms with E-state index >= 15 is 0 Å². The number of ether oxygens (including phenoxy) is 4. The zero-order valence-electron chi connectivity index (χ0n) is 26.2. The van der Waals surface area contributed by atoms with Gasteiger partial charge in [0, 0.05) is 62.6 Å². The van der Waals surface area contributed by atoms with E-state index in [1.165, 1.54) is 7.11 Å². The number of benzene rings is 2. The SMILES string of the molecule is COc1cc2ccc1CNC(=O)CCc1ccc(OC)c(c1)OCC(=O)N[C@@H]1CN(C(=O)CCc3n[nH]c(C)c3C)CC[C@@H]1O2. The Balaban J connectivity index is 1.36. The number of piperidine rings is 1. The molecule has 3 amide bonds. The number of nitrogens with one attached hydrogen (secondary N) is 3. The average molecular weight is 620 g/mol. The highest BCUT2D eigenvalue weighted by atomic mass is 16.5. The van der Waals surface area contributed by atoms with Gasteiger partial charge in [-0.3, -0.25) is 19.5 Å². The van der Waals surface area contributed by atoms with Gasteiger partial charge in [0.2, 0.25) is 11.8 Å². The van der Waals surface area contributed by atoms with Crippen molar-refractivity contribution < 1.29 is 33.3 Å². The zero-order chi connectivity index (χ0) is 31.9. The molecule has 12 nitrogen and oxygen atoms in total. The van der Waals surface area contributed by atoms with Crippen LogP contribution in [0.4, 0.5) is 0 Å². The molecule has 0 spiro atoms. The van der Waals surface area contributed by atoms with Gasteiger partial charge >= 0.3 is 0 Å². The number of hydrogen-bond acceptors (Lipinski definition) is 8. The van der Waals surface area contributed by atoms with E-state index in [1.54, 1.807) is 30.2 Å². The van der Waals surface area contributed by atoms with E-state index in [9.17, 15) is 14.4 Å². The summed E-state index contributed by atoms with van der Waals surface area (Å²) in [5.41, 5.74) is 4.62. The Morgan fingerprint density at radius 1 is 1.04 bits per heavy atom. The Bertz CT molecular complexity index is 1540. The second kappa shape index (κ2) is 14.4. The Kier molecular flexibility index (Phi) is 10.1. The lowest BCUT2D eigenvalue weighted by Gasteiger charge is -2.39. The van der Waals surface area contributed by atoms with Gasteiger partial charge in [-0.1, -0.05) is 6.07 Å². The van der Waals surface area contributed by atoms with Crippen LogP contribution in [0.3, 0.4) is 0 Å². The fraction of sp³-hybridized carbons (Fsp3) is 0.455. The molecule has 2 atom stereocenters. The first-order valence-electron chi connectivity index (χ1n) is 15.2. The molecule has 0 saturated carbocycles. The molecular formula is C33H41N5O7. The first kappa shape index (κ1) is 31.7. The number of carbonyl (C=O) groups excluding carboxylic acids is 3. The van der Waals surface area contributed by atoms with Crippen LogP contribution in [0.2, 0.25) is 0 Å². The number of methoxy groups -OCH3 is 2. The summed E-state index contributed by atoms with van der Waals surface area (Å²) in [5, 5.41) is 13.3. The number of H-pyrrole nitrogens is 1. The normalized spacial score (nSPS) is 19.1. The molecule has 3 aliphatic heterocycles. The maximum Gasteiger partial charge on any atom is 0.258 e. The van der Waals surface area contributed by atoms with E-state index in [2.05, 4.69) is 20.8 Å². The number of fused-ring (bicyclic) bond motifs is 9. The maximum absolute atomic E-state index is 13.3. The molecule has 1 aromatic heterocycles. The van der Waals surface area contributed by atoms with Crippen LogP contribution in [0, 0.1) is 13.8 Å². The van der Waals surface area contributed by atoms with Gasteiger partial charge in [0.25, 0.3) is 5.91 Å². The summed E-state index contributed by atoms with van der Waals surface area (Å²) in [6, 6.07) is 10.4. The maximum atomic E-state index is 13.3. The van der Waals surface area contributed by atoms with Crippen molar-refractivity contribution in [3.8, 4) is 23.0 Å². The predicted octanol–water partition coefficient (Wildman–Crippen LogP) is 2.78. The van der Waals surface area contributed by atoms with Crippen molar-refractivity contribution in [3.63, 3.8) is 0 Å². The molecule has 240 valence electrons. The number of hydrogen-bond donors (Lipinski definition) is 3. The third-order valence-corrected chi connectivity index (χ3v) is 8.43. The second-order valence-electron chi connectivity index (χ2n) is 11.4. The monoisotopic (exact) mass is 619 g/mol. The molecule has 4 bridgehead atoms. The van der Waals surface area contributed by atoms with Gasteiger partial charge in [-0.2, -0.15) is 5.10 Å². The topological polar surface area (TPSA) is 144 Å². The Labute approximate surface area is 262 Å². The summed E-state index contributed by atoms with van der Waals surface area (Å²) in [4.78, 5) is 40.9. The molecule has 12 heteroatoms. The summed E-state index contributed by atoms with van der Waals surface area (Å²) in [6.45, 7) is 4.75. The van der Waals surface area contributed by atoms with Gasteiger partial charge in [0.15, 0.2) is 18.1 Å². The van der Waals surface area contributed by atoms with Crippen molar-refractivity contribution in [2.75, 3.05) is 33.9 Å². The second-order valence-corrected chi connectivity index (χ2v) is 11.4. The van der Waals surface area contributed by atoms with Crippen molar-refractivity contribution in [1.82, 2.24) is 25.7 Å². The van der Waals surface area contributed by atoms with Crippen LogP contribution in [0.5, 0.6) is 23.0 Å². The van der Waals surface area contributed by atoms with Gasteiger partial charge in [-0.05, 0) is 55.7 Å². The van der Waals surface area contributed by atoms with E-state index in [0.29, 0.717) is 61.8 Å². The van der Waals surface area contributed by atoms with Gasteiger partial charge in [0.05, 0.1) is 26.0 Å². The lowest BCUT2D eigenvalue weighted by Crippen LogP contribution is -2.58. The molecular weight excluding hydrogens is 578 g/mol. The van der Waals surface area contributed by atoms with Crippen LogP contribution in [-0.4, -0.2) is 78.9 Å². The van der Waals surface area contributed by atoms with E-state index in [0.717, 1.165) is 28.1 Å². The fourth-order valence-corrected chi connectivity index (χ4v) is 5.64. The van der Waals surface area contributed by atoms with Gasteiger partial charge in [-0.15, -0.1) is 0 Å². The predicted molar refractivity (Wildman–Crippen MR) is 166 cm³/mol. The van der Waals surface area contributed by atoms with Crippen LogP contribution in [0.1, 0.15) is 47.3 Å². The van der Waals surface area contributed by atoms with Crippen LogP contribution < -0.4 is 29.6 Å². The molecule has 1 saturated heterocycles. The summed E-state index contributed by atoms with van der Waals surface area (Å²) < 4.78 is 23.3. The van der Waals surface area contributed by atoms with Crippen molar-refractivity contribution in [3.05, 3.63) is 64.5 Å². The zero-order valence-corrected chi connectivity index (χ0v) is 26.2. The van der Waals surface area contributed by atoms with Crippen LogP contribution in [-0.2, 0) is 33.8 Å². The Morgan fingerprint density at radius 2 is 1.87 bits per heavy atom. The van der Waals surface area contributed by atoms with Crippen LogP contribution in [0.15, 0.2) is 36.4 Å². The Hall–Kier alpha value is -4.74. The minimum atomic E-state index is -0.492. The molecule has 3 aliphatic rings. The minimum Gasteiger partial charge on any atom is -0.496 e. The number of aromatic nitrogens is 2. The largest absolute Gasteiger partial charge is 0.496 e. The number of aryl methyl sites for hydroxylation is 3. The number of aromatic amines is 1. The van der Waals surface area contributed by atoms with Gasteiger partial charge in [-0.25, -0.2) is 0 Å². The number of likely N-dealkylation sites (tertiary alicyclic amines) is 1. The van der Waals surface area contributed by atoms with Crippen molar-refractivity contribution in [1.29, 1.82) is 0 Å². The molecule has 3 aromatic rings. The number of nitrogens with zero attached hydrogens (tertiary/aromatic N) is 2. The first-order valence-corrected chi connectivity index (χ1v) is 15.2. The summed E-state index contributed by atoms with van der Waals surface area (Å²) in [5.74, 6) is 1.55. The lowest BCUT2D eigenvalue weighted by molar-refractivity contribution is -0.135. The van der Waals surface area contributed by atoms with Crippen molar-refractivity contribution in [2.45, 2.75) is 64.6 Å². The molecule has 2 aromatic carbocycles. The minimum absolute atomic E-state index is 0.0101. The summed E-state index contributed by atoms with van der Waals surface area (Å²) >= 11 is 0. The van der Waals surface area contributed by atoms with Gasteiger partial charge in [0.1, 0.15) is 17.6 Å². The molecule has 0 radical (unpaired) electrons. The fourth-order valence-electron chi connectivity index (χ4n) is 5.64. The van der Waals surface area contributed by atoms with Crippen LogP contribution in [0.25, 0.3) is 0 Å². The third kappa shape index (κ3) is 7.86. The molecule has 45 heavy (non-hydrogen) atoms. The van der Waals surface area contributed by atoms with E-state index in [1.807, 2.05) is 32.0 Å². The number of rotatable bonds is 5. The van der Waals surface area contributed by atoms with E-state index in [-0.39, 0.29) is 37.3 Å². The highest BCUT2D eigenvalue weighted by molar-refractivity contribution is 5.79. The smallest absolute Gasteiger partial charge is 0.258 e. The summed E-state index contributed by atoms with van der Waals surface area (Å²) in [7, 11) is 3.10. The number of amides is 3. The van der Waals surface area contributed by atoms with E-state index < -0.39 is 12.1 Å². The highest BCUT2D eigenvalue weighted by Crippen LogP contribution is 2.30. The highest BCUT2D eigenvalue weighted by Gasteiger charge is 2.34. The van der Waals surface area contributed by atoms with Gasteiger partial charge < -0.3 is 34.5 Å². The van der Waals surface area contributed by atoms with E-state index in [4.69, 9.17) is 18.9 Å². The molecule has 6 rings (SSSR count). The standard InChI is InChI=1S/C33H41N5O7/c1-20-21(2)36-37-25(20)9-12-33(41)38-14-13-27-26(18-38)35-32(40)19-44-30-15-22(5-10-28(30)42-3)6-11-31(39)34-17-23-7-8-24(45-27)16-29(23)43-4/h5,7-8,10,15-16,26-27H,6,9,11-14,17-19H2,1-4H3,(H,34,39)(H,35,40)(H,36,37)/t26-,27+/m1/s1. The molecule has 0 unspecified atom stereocenters. The van der Waals surface area contributed by atoms with Crippen molar-refractivity contribution in [2.24, 2.45) is 0 Å². The quantitative estimate of drug-likeness (QED) is 0.396. The summed E-state index contributed by atoms with van der Waals surface area (Å²) in [6.07, 6.45) is 1.69. The molecule has 4 heterocycles. The first-order chi connectivity index (χ1) is 21.7. The molecule has 0 aliphatic carbocycles. The molecule has 3 N–H and O–H groups in total. The van der Waals surface area contributed by atoms with Crippen LogP contribution >= 0.6 is 0 Å². The Morgan fingerprint density at radius 3 is 2.62 bits per heavy atom. The lowest BCUT2D eigenvalue weighted by atomic mass is 10.0. The molecule has 1 fully saturated rings. The number of carbonyl (C=O) groups is 3.